The van der Waals surface area contributed by atoms with Crippen LogP contribution in [0, 0.1) is 5.92 Å². The molecule has 16 heavy (non-hydrogen) atoms. The lowest BCUT2D eigenvalue weighted by molar-refractivity contribution is 0.275. The van der Waals surface area contributed by atoms with Gasteiger partial charge in [-0.2, -0.15) is 5.10 Å². The van der Waals surface area contributed by atoms with Gasteiger partial charge in [-0.1, -0.05) is 19.3 Å². The molecular weight excluding hydrogens is 198 g/mol. The molecule has 0 aromatic carbocycles. The Kier molecular flexibility index (Phi) is 3.99. The van der Waals surface area contributed by atoms with Crippen molar-refractivity contribution in [2.24, 2.45) is 13.0 Å². The van der Waals surface area contributed by atoms with E-state index in [2.05, 4.69) is 23.5 Å². The first-order valence-corrected chi connectivity index (χ1v) is 6.45. The van der Waals surface area contributed by atoms with Crippen LogP contribution >= 0.6 is 0 Å². The SMILES string of the molecule is CNC(Cc1ccn(C)n1)C1CCCCC1. The van der Waals surface area contributed by atoms with Crippen LogP contribution in [0.3, 0.4) is 0 Å². The van der Waals surface area contributed by atoms with Crippen LogP contribution < -0.4 is 5.32 Å². The summed E-state index contributed by atoms with van der Waals surface area (Å²) in [6.45, 7) is 0. The largest absolute Gasteiger partial charge is 0.316 e. The van der Waals surface area contributed by atoms with E-state index in [1.807, 2.05) is 17.9 Å². The zero-order chi connectivity index (χ0) is 11.4. The molecule has 1 saturated carbocycles. The van der Waals surface area contributed by atoms with Gasteiger partial charge in [-0.15, -0.1) is 0 Å². The molecule has 1 unspecified atom stereocenters. The van der Waals surface area contributed by atoms with Gasteiger partial charge in [0.15, 0.2) is 0 Å². The molecule has 1 aromatic heterocycles. The Bertz CT molecular complexity index is 313. The van der Waals surface area contributed by atoms with Gasteiger partial charge in [-0.25, -0.2) is 0 Å². The Hall–Kier alpha value is -0.830. The third kappa shape index (κ3) is 2.85. The molecule has 1 aromatic rings. The highest BCUT2D eigenvalue weighted by Crippen LogP contribution is 2.27. The van der Waals surface area contributed by atoms with Gasteiger partial charge in [-0.3, -0.25) is 4.68 Å². The summed E-state index contributed by atoms with van der Waals surface area (Å²) < 4.78 is 1.89. The molecule has 2 rings (SSSR count). The van der Waals surface area contributed by atoms with E-state index in [0.717, 1.165) is 12.3 Å². The first kappa shape index (κ1) is 11.6. The number of hydrogen-bond acceptors (Lipinski definition) is 2. The molecule has 0 saturated heterocycles. The van der Waals surface area contributed by atoms with Crippen LogP contribution in [-0.4, -0.2) is 22.9 Å². The first-order chi connectivity index (χ1) is 7.79. The Balaban J connectivity index is 1.94. The van der Waals surface area contributed by atoms with Gasteiger partial charge in [0, 0.05) is 25.7 Å². The number of nitrogens with one attached hydrogen (secondary N) is 1. The third-order valence-electron chi connectivity index (χ3n) is 3.79. The molecule has 3 heteroatoms. The monoisotopic (exact) mass is 221 g/mol. The molecule has 1 atom stereocenters. The highest BCUT2D eigenvalue weighted by atomic mass is 15.2. The van der Waals surface area contributed by atoms with Crippen LogP contribution in [0.25, 0.3) is 0 Å². The lowest BCUT2D eigenvalue weighted by Crippen LogP contribution is -2.36. The van der Waals surface area contributed by atoms with E-state index < -0.39 is 0 Å². The van der Waals surface area contributed by atoms with Gasteiger partial charge in [0.05, 0.1) is 5.69 Å². The molecule has 0 amide bonds. The van der Waals surface area contributed by atoms with Crippen molar-refractivity contribution in [2.75, 3.05) is 7.05 Å². The summed E-state index contributed by atoms with van der Waals surface area (Å²) in [6, 6.07) is 2.74. The fourth-order valence-electron chi connectivity index (χ4n) is 2.84. The molecule has 0 aliphatic heterocycles. The Morgan fingerprint density at radius 2 is 2.19 bits per heavy atom. The minimum atomic E-state index is 0.607. The highest BCUT2D eigenvalue weighted by Gasteiger charge is 2.22. The predicted octanol–water partition coefficient (Wildman–Crippen LogP) is 2.13. The molecular formula is C13H23N3. The zero-order valence-corrected chi connectivity index (χ0v) is 10.4. The van der Waals surface area contributed by atoms with Crippen molar-refractivity contribution in [3.05, 3.63) is 18.0 Å². The number of hydrogen-bond donors (Lipinski definition) is 1. The predicted molar refractivity (Wildman–Crippen MR) is 66.3 cm³/mol. The molecule has 90 valence electrons. The van der Waals surface area contributed by atoms with Crippen molar-refractivity contribution in [2.45, 2.75) is 44.6 Å². The van der Waals surface area contributed by atoms with E-state index in [9.17, 15) is 0 Å². The normalized spacial score (nSPS) is 19.9. The average molecular weight is 221 g/mol. The van der Waals surface area contributed by atoms with E-state index in [0.29, 0.717) is 6.04 Å². The second kappa shape index (κ2) is 5.48. The fraction of sp³-hybridized carbons (Fsp3) is 0.769. The van der Waals surface area contributed by atoms with Crippen LogP contribution in [0.2, 0.25) is 0 Å². The van der Waals surface area contributed by atoms with Crippen molar-refractivity contribution in [3.8, 4) is 0 Å². The van der Waals surface area contributed by atoms with Gasteiger partial charge in [0.1, 0.15) is 0 Å². The maximum Gasteiger partial charge on any atom is 0.0640 e. The summed E-state index contributed by atoms with van der Waals surface area (Å²) in [5.74, 6) is 0.848. The Labute approximate surface area is 98.2 Å². The maximum absolute atomic E-state index is 4.47. The smallest absolute Gasteiger partial charge is 0.0640 e. The minimum absolute atomic E-state index is 0.607. The van der Waals surface area contributed by atoms with Gasteiger partial charge in [0.2, 0.25) is 0 Å². The summed E-state index contributed by atoms with van der Waals surface area (Å²) in [5.41, 5.74) is 1.22. The van der Waals surface area contributed by atoms with Gasteiger partial charge >= 0.3 is 0 Å². The number of likely N-dealkylation sites (N-methyl/N-ethyl adjacent to an activating group) is 1. The van der Waals surface area contributed by atoms with Crippen molar-refractivity contribution >= 4 is 0 Å². The van der Waals surface area contributed by atoms with Crippen molar-refractivity contribution in [3.63, 3.8) is 0 Å². The lowest BCUT2D eigenvalue weighted by atomic mass is 9.82. The van der Waals surface area contributed by atoms with Gasteiger partial charge < -0.3 is 5.32 Å². The van der Waals surface area contributed by atoms with Crippen LogP contribution in [0.5, 0.6) is 0 Å². The summed E-state index contributed by atoms with van der Waals surface area (Å²) in [4.78, 5) is 0. The minimum Gasteiger partial charge on any atom is -0.316 e. The second-order valence-corrected chi connectivity index (χ2v) is 4.98. The third-order valence-corrected chi connectivity index (χ3v) is 3.79. The van der Waals surface area contributed by atoms with Crippen molar-refractivity contribution in [1.82, 2.24) is 15.1 Å². The average Bonchev–Trinajstić information content (AvgIpc) is 2.73. The summed E-state index contributed by atoms with van der Waals surface area (Å²) in [6.07, 6.45) is 10.1. The standard InChI is InChI=1S/C13H23N3/c1-14-13(11-6-4-3-5-7-11)10-12-8-9-16(2)15-12/h8-9,11,13-14H,3-7,10H2,1-2H3. The zero-order valence-electron chi connectivity index (χ0n) is 10.4. The maximum atomic E-state index is 4.47. The number of aromatic nitrogens is 2. The highest BCUT2D eigenvalue weighted by molar-refractivity contribution is 5.02. The quantitative estimate of drug-likeness (QED) is 0.844. The molecule has 3 nitrogen and oxygen atoms in total. The summed E-state index contributed by atoms with van der Waals surface area (Å²) >= 11 is 0. The molecule has 1 aliphatic rings. The Morgan fingerprint density at radius 1 is 1.44 bits per heavy atom. The van der Waals surface area contributed by atoms with Crippen LogP contribution in [-0.2, 0) is 13.5 Å². The molecule has 0 bridgehead atoms. The van der Waals surface area contributed by atoms with Crippen LogP contribution in [0.15, 0.2) is 12.3 Å². The lowest BCUT2D eigenvalue weighted by Gasteiger charge is -2.29. The van der Waals surface area contributed by atoms with Gasteiger partial charge in [0.25, 0.3) is 0 Å². The molecule has 0 radical (unpaired) electrons. The van der Waals surface area contributed by atoms with E-state index in [1.54, 1.807) is 0 Å². The van der Waals surface area contributed by atoms with Crippen molar-refractivity contribution < 1.29 is 0 Å². The number of aryl methyl sites for hydroxylation is 1. The van der Waals surface area contributed by atoms with E-state index >= 15 is 0 Å². The molecule has 1 aliphatic carbocycles. The Morgan fingerprint density at radius 3 is 2.75 bits per heavy atom. The van der Waals surface area contributed by atoms with Crippen molar-refractivity contribution in [1.29, 1.82) is 0 Å². The van der Waals surface area contributed by atoms with E-state index in [4.69, 9.17) is 0 Å². The second-order valence-electron chi connectivity index (χ2n) is 4.98. The molecule has 0 spiro atoms. The molecule has 1 N–H and O–H groups in total. The topological polar surface area (TPSA) is 29.9 Å². The fourth-order valence-corrected chi connectivity index (χ4v) is 2.84. The number of nitrogens with zero attached hydrogens (tertiary/aromatic N) is 2. The first-order valence-electron chi connectivity index (χ1n) is 6.45. The van der Waals surface area contributed by atoms with E-state index in [-0.39, 0.29) is 0 Å². The summed E-state index contributed by atoms with van der Waals surface area (Å²) in [7, 11) is 4.07. The molecule has 1 fully saturated rings. The van der Waals surface area contributed by atoms with E-state index in [1.165, 1.54) is 37.8 Å². The van der Waals surface area contributed by atoms with Crippen LogP contribution in [0.4, 0.5) is 0 Å². The summed E-state index contributed by atoms with van der Waals surface area (Å²) in [5, 5.41) is 7.95. The molecule has 1 heterocycles. The number of rotatable bonds is 4. The van der Waals surface area contributed by atoms with Crippen LogP contribution in [0.1, 0.15) is 37.8 Å². The van der Waals surface area contributed by atoms with Gasteiger partial charge in [-0.05, 0) is 31.9 Å².